The summed E-state index contributed by atoms with van der Waals surface area (Å²) in [7, 11) is -2.44. The average Bonchev–Trinajstić information content (AvgIpc) is 3.12. The van der Waals surface area contributed by atoms with E-state index in [0.29, 0.717) is 28.5 Å². The van der Waals surface area contributed by atoms with Crippen molar-refractivity contribution < 1.29 is 35.8 Å². The third-order valence-corrected chi connectivity index (χ3v) is 7.46. The molecule has 35 heavy (non-hydrogen) atoms. The van der Waals surface area contributed by atoms with E-state index in [9.17, 15) is 26.3 Å². The van der Waals surface area contributed by atoms with E-state index in [1.54, 1.807) is 4.57 Å². The minimum atomic E-state index is -4.69. The molecule has 0 aliphatic heterocycles. The van der Waals surface area contributed by atoms with Crippen molar-refractivity contribution in [2.75, 3.05) is 37.6 Å². The van der Waals surface area contributed by atoms with Gasteiger partial charge in [-0.3, -0.25) is 0 Å². The van der Waals surface area contributed by atoms with E-state index in [1.165, 1.54) is 18.1 Å². The van der Waals surface area contributed by atoms with E-state index in [-0.39, 0.29) is 19.1 Å². The molecule has 0 aliphatic rings. The van der Waals surface area contributed by atoms with Crippen molar-refractivity contribution in [1.82, 2.24) is 19.5 Å². The van der Waals surface area contributed by atoms with Crippen LogP contribution in [0.25, 0.3) is 11.2 Å². The summed E-state index contributed by atoms with van der Waals surface area (Å²) in [6, 6.07) is 7.35. The highest BCUT2D eigenvalue weighted by molar-refractivity contribution is 7.99. The van der Waals surface area contributed by atoms with Gasteiger partial charge in [-0.2, -0.15) is 31.3 Å². The lowest BCUT2D eigenvalue weighted by atomic mass is 10.3. The van der Waals surface area contributed by atoms with Crippen molar-refractivity contribution in [2.45, 2.75) is 35.7 Å². The highest BCUT2D eigenvalue weighted by Gasteiger charge is 2.38. The lowest BCUT2D eigenvalue weighted by Gasteiger charge is -2.20. The number of aromatic nitrogens is 4. The number of benzene rings is 1. The Morgan fingerprint density at radius 2 is 1.80 bits per heavy atom. The summed E-state index contributed by atoms with van der Waals surface area (Å²) >= 11 is 1.30. The Hall–Kier alpha value is -2.31. The molecule has 0 saturated heterocycles. The number of hydrogen-bond acceptors (Lipinski definition) is 7. The first kappa shape index (κ1) is 27.3. The number of halogens is 6. The van der Waals surface area contributed by atoms with Crippen molar-refractivity contribution in [3.8, 4) is 5.75 Å². The van der Waals surface area contributed by atoms with Crippen LogP contribution in [-0.2, 0) is 11.3 Å². The fraction of sp³-hybridized carbons (Fsp3) is 0.450. The van der Waals surface area contributed by atoms with E-state index in [0.717, 1.165) is 4.90 Å². The monoisotopic (exact) mass is 541 g/mol. The van der Waals surface area contributed by atoms with Gasteiger partial charge in [0.1, 0.15) is 16.3 Å². The van der Waals surface area contributed by atoms with E-state index >= 15 is 0 Å². The van der Waals surface area contributed by atoms with Crippen molar-refractivity contribution in [3.05, 3.63) is 30.6 Å². The van der Waals surface area contributed by atoms with Gasteiger partial charge in [0.2, 0.25) is 5.95 Å². The molecule has 3 rings (SSSR count). The van der Waals surface area contributed by atoms with Gasteiger partial charge < -0.3 is 19.8 Å². The Morgan fingerprint density at radius 3 is 2.46 bits per heavy atom. The summed E-state index contributed by atoms with van der Waals surface area (Å²) in [5.74, 6) is 0.678. The summed E-state index contributed by atoms with van der Waals surface area (Å²) in [6.07, 6.45) is -11.6. The molecule has 1 aromatic carbocycles. The van der Waals surface area contributed by atoms with Crippen LogP contribution in [0.1, 0.15) is 6.92 Å². The summed E-state index contributed by atoms with van der Waals surface area (Å²) in [4.78, 5) is 13.6. The molecule has 192 valence electrons. The van der Waals surface area contributed by atoms with E-state index in [1.807, 2.05) is 31.2 Å². The molecule has 2 N–H and O–H groups in total. The highest BCUT2D eigenvalue weighted by Crippen LogP contribution is 2.45. The zero-order valence-corrected chi connectivity index (χ0v) is 20.1. The van der Waals surface area contributed by atoms with Crippen molar-refractivity contribution >= 4 is 36.8 Å². The van der Waals surface area contributed by atoms with Crippen molar-refractivity contribution in [3.63, 3.8) is 0 Å². The number of fused-ring (bicyclic) bond motifs is 1. The molecular formula is C20H22F6N5O2PS. The van der Waals surface area contributed by atoms with Crippen LogP contribution in [0.4, 0.5) is 32.3 Å². The zero-order valence-electron chi connectivity index (χ0n) is 18.4. The SMILES string of the molecule is CCOc1cccc(Sc2nc(N)nc3c2ncn3CCOCP(CC(F)(F)F)CC(F)(F)F)c1. The summed E-state index contributed by atoms with van der Waals surface area (Å²) in [5.41, 5.74) is 6.67. The maximum absolute atomic E-state index is 12.6. The first-order valence-corrected chi connectivity index (χ1v) is 13.0. The van der Waals surface area contributed by atoms with Gasteiger partial charge in [-0.1, -0.05) is 25.7 Å². The van der Waals surface area contributed by atoms with Gasteiger partial charge in [0.25, 0.3) is 0 Å². The third kappa shape index (κ3) is 8.69. The molecule has 0 atom stereocenters. The maximum atomic E-state index is 12.6. The van der Waals surface area contributed by atoms with Gasteiger partial charge in [0, 0.05) is 11.4 Å². The Labute approximate surface area is 202 Å². The molecule has 0 fully saturated rings. The van der Waals surface area contributed by atoms with Gasteiger partial charge >= 0.3 is 12.4 Å². The first-order valence-electron chi connectivity index (χ1n) is 10.3. The van der Waals surface area contributed by atoms with Crippen molar-refractivity contribution in [2.24, 2.45) is 0 Å². The molecule has 0 spiro atoms. The van der Waals surface area contributed by atoms with E-state index in [4.69, 9.17) is 15.2 Å². The molecule has 2 heterocycles. The Morgan fingerprint density at radius 1 is 1.09 bits per heavy atom. The number of alkyl halides is 6. The van der Waals surface area contributed by atoms with E-state index < -0.39 is 38.9 Å². The molecule has 2 aromatic heterocycles. The van der Waals surface area contributed by atoms with Gasteiger partial charge in [-0.25, -0.2) is 9.97 Å². The van der Waals surface area contributed by atoms with E-state index in [2.05, 4.69) is 15.0 Å². The minimum absolute atomic E-state index is 0.0116. The van der Waals surface area contributed by atoms with Gasteiger partial charge in [-0.05, 0) is 25.1 Å². The van der Waals surface area contributed by atoms with Crippen LogP contribution >= 0.6 is 19.7 Å². The molecular weight excluding hydrogens is 519 g/mol. The topological polar surface area (TPSA) is 88.1 Å². The van der Waals surface area contributed by atoms with Crippen LogP contribution in [0.15, 0.2) is 40.5 Å². The number of imidazole rings is 1. The fourth-order valence-electron chi connectivity index (χ4n) is 3.09. The molecule has 0 saturated carbocycles. The lowest BCUT2D eigenvalue weighted by Crippen LogP contribution is -2.22. The normalized spacial score (nSPS) is 12.6. The quantitative estimate of drug-likeness (QED) is 0.148. The second kappa shape index (κ2) is 11.6. The van der Waals surface area contributed by atoms with Crippen LogP contribution in [0.3, 0.4) is 0 Å². The van der Waals surface area contributed by atoms with Crippen molar-refractivity contribution in [1.29, 1.82) is 0 Å². The predicted molar refractivity (Wildman–Crippen MR) is 121 cm³/mol. The smallest absolute Gasteiger partial charge is 0.392 e. The largest absolute Gasteiger partial charge is 0.494 e. The van der Waals surface area contributed by atoms with Crippen LogP contribution in [-0.4, -0.2) is 63.8 Å². The predicted octanol–water partition coefficient (Wildman–Crippen LogP) is 5.54. The second-order valence-corrected chi connectivity index (χ2v) is 10.6. The zero-order chi connectivity index (χ0) is 25.6. The van der Waals surface area contributed by atoms with Gasteiger partial charge in [-0.15, -0.1) is 0 Å². The number of nitrogens with two attached hydrogens (primary N) is 1. The number of hydrogen-bond donors (Lipinski definition) is 1. The average molecular weight is 541 g/mol. The third-order valence-electron chi connectivity index (χ3n) is 4.34. The fourth-order valence-corrected chi connectivity index (χ4v) is 5.71. The molecule has 0 radical (unpaired) electrons. The molecule has 0 bridgehead atoms. The van der Waals surface area contributed by atoms with Gasteiger partial charge in [0.15, 0.2) is 5.65 Å². The Bertz CT molecular complexity index is 1110. The number of nitrogens with zero attached hydrogens (tertiary/aromatic N) is 4. The minimum Gasteiger partial charge on any atom is -0.494 e. The van der Waals surface area contributed by atoms with Crippen LogP contribution in [0.5, 0.6) is 5.75 Å². The summed E-state index contributed by atoms with van der Waals surface area (Å²) in [6.45, 7) is 2.37. The van der Waals surface area contributed by atoms with Crippen LogP contribution < -0.4 is 10.5 Å². The molecule has 0 amide bonds. The maximum Gasteiger partial charge on any atom is 0.392 e. The number of anilines is 1. The van der Waals surface area contributed by atoms with Gasteiger partial charge in [0.05, 0.1) is 38.2 Å². The molecule has 0 aliphatic carbocycles. The standard InChI is InChI=1S/C20H22F6N5O2PS/c1-2-33-13-4-3-5-14(8-13)35-17-15-16(29-18(27)30-17)31(11-28-15)6-7-32-12-34(9-19(21,22)23)10-20(24,25)26/h3-5,8,11H,2,6-7,9-10,12H2,1H3,(H2,27,29,30). The molecule has 3 aromatic rings. The van der Waals surface area contributed by atoms with Crippen LogP contribution in [0, 0.1) is 0 Å². The Balaban J connectivity index is 1.67. The van der Waals surface area contributed by atoms with Crippen LogP contribution in [0.2, 0.25) is 0 Å². The highest BCUT2D eigenvalue weighted by atomic mass is 32.2. The second-order valence-electron chi connectivity index (χ2n) is 7.26. The molecule has 15 heteroatoms. The molecule has 0 unspecified atom stereocenters. The first-order chi connectivity index (χ1) is 16.4. The Kier molecular flexibility index (Phi) is 9.05. The number of rotatable bonds is 11. The molecule has 7 nitrogen and oxygen atoms in total. The summed E-state index contributed by atoms with van der Waals surface area (Å²) < 4.78 is 88.0. The summed E-state index contributed by atoms with van der Waals surface area (Å²) in [5, 5.41) is 0.486. The number of ether oxygens (including phenoxy) is 2. The number of nitrogen functional groups attached to an aromatic ring is 1. The lowest BCUT2D eigenvalue weighted by molar-refractivity contribution is -0.112.